The van der Waals surface area contributed by atoms with Crippen LogP contribution in [-0.4, -0.2) is 19.0 Å². The van der Waals surface area contributed by atoms with Crippen molar-refractivity contribution < 1.29 is 14.3 Å². The fraction of sp³-hybridized carbons (Fsp3) is 0.417. The number of ether oxygens (including phenoxy) is 2. The molecule has 0 N–H and O–H groups in total. The van der Waals surface area contributed by atoms with E-state index in [1.807, 2.05) is 0 Å². The van der Waals surface area contributed by atoms with Gasteiger partial charge in [0.05, 0.1) is 23.8 Å². The number of hydrogen-bond donors (Lipinski definition) is 0. The van der Waals surface area contributed by atoms with Gasteiger partial charge in [-0.2, -0.15) is 0 Å². The molecule has 3 nitrogen and oxygen atoms in total. The van der Waals surface area contributed by atoms with Gasteiger partial charge in [-0.25, -0.2) is 0 Å². The molecular weight excluding hydrogens is 228 g/mol. The monoisotopic (exact) mass is 238 g/mol. The summed E-state index contributed by atoms with van der Waals surface area (Å²) in [6, 6.07) is 0. The van der Waals surface area contributed by atoms with Crippen LogP contribution < -0.4 is 9.47 Å². The zero-order valence-electron chi connectivity index (χ0n) is 8.93. The first kappa shape index (κ1) is 9.97. The highest BCUT2D eigenvalue weighted by Gasteiger charge is 2.32. The molecule has 1 aromatic rings. The van der Waals surface area contributed by atoms with Gasteiger partial charge in [-0.05, 0) is 6.92 Å². The van der Waals surface area contributed by atoms with Crippen molar-refractivity contribution in [1.29, 1.82) is 0 Å². The second-order valence-corrected chi connectivity index (χ2v) is 4.44. The van der Waals surface area contributed by atoms with E-state index in [-0.39, 0.29) is 5.78 Å². The lowest BCUT2D eigenvalue weighted by atomic mass is 9.97. The Hall–Kier alpha value is -1.22. The molecule has 0 unspecified atom stereocenters. The van der Waals surface area contributed by atoms with Crippen LogP contribution in [0.1, 0.15) is 28.4 Å². The molecule has 0 aromatic heterocycles. The zero-order valence-corrected chi connectivity index (χ0v) is 9.69. The summed E-state index contributed by atoms with van der Waals surface area (Å²) in [6.07, 6.45) is 1.49. The van der Waals surface area contributed by atoms with Crippen LogP contribution in [0.15, 0.2) is 0 Å². The summed E-state index contributed by atoms with van der Waals surface area (Å²) in [5, 5.41) is 0.630. The molecule has 0 radical (unpaired) electrons. The summed E-state index contributed by atoms with van der Waals surface area (Å²) in [5.74, 6) is 1.40. The quantitative estimate of drug-likeness (QED) is 0.705. The fourth-order valence-corrected chi connectivity index (χ4v) is 2.77. The number of benzene rings is 1. The van der Waals surface area contributed by atoms with Crippen molar-refractivity contribution >= 4 is 17.4 Å². The largest absolute Gasteiger partial charge is 0.492 e. The Bertz CT molecular complexity index is 459. The van der Waals surface area contributed by atoms with Crippen molar-refractivity contribution in [2.45, 2.75) is 19.8 Å². The van der Waals surface area contributed by atoms with Crippen molar-refractivity contribution in [1.82, 2.24) is 0 Å². The maximum atomic E-state index is 11.7. The number of halogens is 1. The number of ketones is 1. The second kappa shape index (κ2) is 3.39. The van der Waals surface area contributed by atoms with Crippen LogP contribution in [0.5, 0.6) is 11.5 Å². The van der Waals surface area contributed by atoms with E-state index in [2.05, 4.69) is 0 Å². The van der Waals surface area contributed by atoms with Crippen LogP contribution in [0.2, 0.25) is 5.02 Å². The molecule has 0 atom stereocenters. The van der Waals surface area contributed by atoms with Crippen LogP contribution in [0, 0.1) is 0 Å². The smallest absolute Gasteiger partial charge is 0.163 e. The summed E-state index contributed by atoms with van der Waals surface area (Å²) in [4.78, 5) is 11.7. The molecule has 2 aliphatic heterocycles. The Morgan fingerprint density at radius 1 is 1.12 bits per heavy atom. The second-order valence-electron chi connectivity index (χ2n) is 4.06. The predicted molar refractivity (Wildman–Crippen MR) is 59.9 cm³/mol. The van der Waals surface area contributed by atoms with Gasteiger partial charge in [0.15, 0.2) is 5.78 Å². The number of rotatable bonds is 1. The first-order valence-electron chi connectivity index (χ1n) is 5.34. The maximum Gasteiger partial charge on any atom is 0.163 e. The third-order valence-electron chi connectivity index (χ3n) is 3.09. The number of hydrogen-bond acceptors (Lipinski definition) is 3. The first-order chi connectivity index (χ1) is 7.70. The standard InChI is InChI=1S/C12H11ClO3/c1-6(14)9-7-2-4-16-12(7)10(13)8-3-5-15-11(8)9/h2-5H2,1H3. The predicted octanol–water partition coefficient (Wildman–Crippen LogP) is 2.41. The van der Waals surface area contributed by atoms with Gasteiger partial charge >= 0.3 is 0 Å². The van der Waals surface area contributed by atoms with Gasteiger partial charge in [0.2, 0.25) is 0 Å². The first-order valence-corrected chi connectivity index (χ1v) is 5.71. The molecule has 16 heavy (non-hydrogen) atoms. The fourth-order valence-electron chi connectivity index (χ4n) is 2.42. The van der Waals surface area contributed by atoms with Crippen LogP contribution >= 0.6 is 11.6 Å². The molecule has 3 rings (SSSR count). The number of carbonyl (C=O) groups excluding carboxylic acids is 1. The summed E-state index contributed by atoms with van der Waals surface area (Å²) in [6.45, 7) is 2.75. The molecule has 1 aromatic carbocycles. The highest BCUT2D eigenvalue weighted by atomic mass is 35.5. The molecule has 2 aliphatic rings. The summed E-state index contributed by atoms with van der Waals surface area (Å²) < 4.78 is 11.0. The minimum atomic E-state index is 0.0246. The van der Waals surface area contributed by atoms with E-state index >= 15 is 0 Å². The minimum Gasteiger partial charge on any atom is -0.492 e. The molecule has 0 saturated heterocycles. The molecule has 4 heteroatoms. The van der Waals surface area contributed by atoms with E-state index in [1.165, 1.54) is 0 Å². The molecule has 0 amide bonds. The van der Waals surface area contributed by atoms with Crippen LogP contribution in [0.4, 0.5) is 0 Å². The normalized spacial score (nSPS) is 16.4. The van der Waals surface area contributed by atoms with Gasteiger partial charge < -0.3 is 9.47 Å². The average Bonchev–Trinajstić information content (AvgIpc) is 2.84. The van der Waals surface area contributed by atoms with E-state index in [4.69, 9.17) is 21.1 Å². The van der Waals surface area contributed by atoms with E-state index in [9.17, 15) is 4.79 Å². The lowest BCUT2D eigenvalue weighted by Crippen LogP contribution is -2.02. The Morgan fingerprint density at radius 2 is 1.75 bits per heavy atom. The highest BCUT2D eigenvalue weighted by molar-refractivity contribution is 6.33. The van der Waals surface area contributed by atoms with E-state index in [0.717, 1.165) is 24.0 Å². The molecular formula is C12H11ClO3. The van der Waals surface area contributed by atoms with Gasteiger partial charge in [0, 0.05) is 24.0 Å². The Morgan fingerprint density at radius 3 is 2.44 bits per heavy atom. The Kier molecular flexibility index (Phi) is 2.11. The molecule has 0 aliphatic carbocycles. The van der Waals surface area contributed by atoms with Gasteiger partial charge in [0.25, 0.3) is 0 Å². The highest BCUT2D eigenvalue weighted by Crippen LogP contribution is 2.46. The molecule has 84 valence electrons. The van der Waals surface area contributed by atoms with Crippen molar-refractivity contribution in [3.05, 3.63) is 21.7 Å². The number of fused-ring (bicyclic) bond motifs is 2. The van der Waals surface area contributed by atoms with E-state index < -0.39 is 0 Å². The maximum absolute atomic E-state index is 11.7. The molecule has 2 heterocycles. The van der Waals surface area contributed by atoms with Gasteiger partial charge in [-0.1, -0.05) is 11.6 Å². The van der Waals surface area contributed by atoms with Gasteiger partial charge in [-0.3, -0.25) is 4.79 Å². The van der Waals surface area contributed by atoms with Gasteiger partial charge in [0.1, 0.15) is 11.5 Å². The third kappa shape index (κ3) is 1.18. The zero-order chi connectivity index (χ0) is 11.3. The third-order valence-corrected chi connectivity index (χ3v) is 3.49. The van der Waals surface area contributed by atoms with Crippen molar-refractivity contribution in [3.8, 4) is 11.5 Å². The summed E-state index contributed by atoms with van der Waals surface area (Å²) in [5.41, 5.74) is 2.51. The Balaban J connectivity index is 2.36. The van der Waals surface area contributed by atoms with Crippen LogP contribution in [0.3, 0.4) is 0 Å². The van der Waals surface area contributed by atoms with E-state index in [1.54, 1.807) is 6.92 Å². The van der Waals surface area contributed by atoms with E-state index in [0.29, 0.717) is 35.3 Å². The number of Topliss-reactive ketones (excluding diaryl/α,β-unsaturated/α-hetero) is 1. The summed E-state index contributed by atoms with van der Waals surface area (Å²) >= 11 is 6.26. The lowest BCUT2D eigenvalue weighted by Gasteiger charge is -2.12. The molecule has 0 spiro atoms. The molecule has 0 bridgehead atoms. The topological polar surface area (TPSA) is 35.5 Å². The molecule has 0 saturated carbocycles. The summed E-state index contributed by atoms with van der Waals surface area (Å²) in [7, 11) is 0. The SMILES string of the molecule is CC(=O)c1c2c(c(Cl)c3c1OCC3)OCC2. The minimum absolute atomic E-state index is 0.0246. The Labute approximate surface area is 98.3 Å². The lowest BCUT2D eigenvalue weighted by molar-refractivity contribution is 0.101. The average molecular weight is 239 g/mol. The number of carbonyl (C=O) groups is 1. The molecule has 0 fully saturated rings. The van der Waals surface area contributed by atoms with Crippen molar-refractivity contribution in [2.24, 2.45) is 0 Å². The van der Waals surface area contributed by atoms with Gasteiger partial charge in [-0.15, -0.1) is 0 Å². The van der Waals surface area contributed by atoms with Crippen LogP contribution in [0.25, 0.3) is 0 Å². The van der Waals surface area contributed by atoms with Crippen LogP contribution in [-0.2, 0) is 12.8 Å². The van der Waals surface area contributed by atoms with Crippen molar-refractivity contribution in [2.75, 3.05) is 13.2 Å². The van der Waals surface area contributed by atoms with Crippen molar-refractivity contribution in [3.63, 3.8) is 0 Å².